The summed E-state index contributed by atoms with van der Waals surface area (Å²) in [7, 11) is 4.85. The molecule has 0 aliphatic heterocycles. The number of hydrogen-bond acceptors (Lipinski definition) is 5. The van der Waals surface area contributed by atoms with E-state index in [1.54, 1.807) is 21.3 Å². The molecule has 7 nitrogen and oxygen atoms in total. The number of aromatic amines is 1. The molecule has 0 saturated heterocycles. The van der Waals surface area contributed by atoms with E-state index in [1.807, 2.05) is 72.8 Å². The van der Waals surface area contributed by atoms with E-state index in [2.05, 4.69) is 10.3 Å². The van der Waals surface area contributed by atoms with Crippen molar-refractivity contribution in [3.05, 3.63) is 84.1 Å². The molecule has 7 heteroatoms. The van der Waals surface area contributed by atoms with Crippen LogP contribution in [0, 0.1) is 0 Å². The second-order valence-electron chi connectivity index (χ2n) is 8.37. The van der Waals surface area contributed by atoms with Crippen LogP contribution in [-0.4, -0.2) is 43.7 Å². The van der Waals surface area contributed by atoms with Crippen LogP contribution in [0.2, 0.25) is 0 Å². The van der Waals surface area contributed by atoms with Gasteiger partial charge in [0, 0.05) is 28.4 Å². The molecule has 0 bridgehead atoms. The zero-order valence-electron chi connectivity index (χ0n) is 20.4. The van der Waals surface area contributed by atoms with Gasteiger partial charge in [-0.15, -0.1) is 0 Å². The summed E-state index contributed by atoms with van der Waals surface area (Å²) in [4.78, 5) is 21.4. The van der Waals surface area contributed by atoms with Gasteiger partial charge >= 0.3 is 0 Å². The molecule has 0 spiro atoms. The third kappa shape index (κ3) is 4.43. The van der Waals surface area contributed by atoms with Gasteiger partial charge in [-0.05, 0) is 60.5 Å². The number of pyridine rings is 1. The van der Waals surface area contributed by atoms with Gasteiger partial charge in [0.15, 0.2) is 11.5 Å². The summed E-state index contributed by atoms with van der Waals surface area (Å²) in [6.07, 6.45) is 0.646. The lowest BCUT2D eigenvalue weighted by atomic mass is 10.1. The van der Waals surface area contributed by atoms with Crippen molar-refractivity contribution in [1.82, 2.24) is 15.3 Å². The summed E-state index contributed by atoms with van der Waals surface area (Å²) in [6.45, 7) is 0.458. The molecule has 0 aliphatic carbocycles. The van der Waals surface area contributed by atoms with E-state index in [1.165, 1.54) is 0 Å². The number of hydrogen-bond donors (Lipinski definition) is 2. The molecule has 0 aliphatic rings. The average molecular weight is 482 g/mol. The Labute approximate surface area is 209 Å². The monoisotopic (exact) mass is 481 g/mol. The maximum atomic E-state index is 13.2. The highest BCUT2D eigenvalue weighted by Crippen LogP contribution is 2.33. The number of carbonyl (C=O) groups is 1. The Bertz CT molecular complexity index is 1540. The lowest BCUT2D eigenvalue weighted by molar-refractivity contribution is 0.0949. The van der Waals surface area contributed by atoms with Gasteiger partial charge in [-0.25, -0.2) is 4.98 Å². The van der Waals surface area contributed by atoms with Gasteiger partial charge < -0.3 is 24.5 Å². The number of fused-ring (bicyclic) bond motifs is 3. The number of methoxy groups -OCH3 is 3. The van der Waals surface area contributed by atoms with E-state index in [0.717, 1.165) is 44.4 Å². The van der Waals surface area contributed by atoms with Crippen molar-refractivity contribution in [2.45, 2.75) is 6.42 Å². The number of aromatic nitrogens is 2. The molecule has 182 valence electrons. The lowest BCUT2D eigenvalue weighted by Crippen LogP contribution is -2.26. The second kappa shape index (κ2) is 10.00. The summed E-state index contributed by atoms with van der Waals surface area (Å²) >= 11 is 0. The molecule has 0 radical (unpaired) electrons. The zero-order valence-corrected chi connectivity index (χ0v) is 20.4. The van der Waals surface area contributed by atoms with E-state index in [4.69, 9.17) is 19.2 Å². The topological polar surface area (TPSA) is 85.5 Å². The predicted octanol–water partition coefficient (Wildman–Crippen LogP) is 5.38. The van der Waals surface area contributed by atoms with E-state index in [9.17, 15) is 4.79 Å². The van der Waals surface area contributed by atoms with Crippen molar-refractivity contribution in [2.75, 3.05) is 27.9 Å². The van der Waals surface area contributed by atoms with Crippen LogP contribution in [0.25, 0.3) is 33.1 Å². The molecule has 2 heterocycles. The number of benzene rings is 3. The number of carbonyl (C=O) groups excluding carboxylic acids is 1. The quantitative estimate of drug-likeness (QED) is 0.311. The molecular formula is C29H27N3O4. The Hall–Kier alpha value is -4.52. The lowest BCUT2D eigenvalue weighted by Gasteiger charge is -2.11. The molecule has 3 aromatic carbocycles. The minimum Gasteiger partial charge on any atom is -0.497 e. The van der Waals surface area contributed by atoms with Gasteiger partial charge in [-0.3, -0.25) is 4.79 Å². The van der Waals surface area contributed by atoms with Gasteiger partial charge in [0.25, 0.3) is 5.91 Å². The normalized spacial score (nSPS) is 11.0. The first-order chi connectivity index (χ1) is 17.6. The summed E-state index contributed by atoms with van der Waals surface area (Å²) in [5.41, 5.74) is 4.90. The summed E-state index contributed by atoms with van der Waals surface area (Å²) in [5.74, 6) is 1.87. The molecular weight excluding hydrogens is 454 g/mol. The highest BCUT2D eigenvalue weighted by atomic mass is 16.5. The zero-order chi connectivity index (χ0) is 25.1. The number of H-pyrrole nitrogens is 1. The second-order valence-corrected chi connectivity index (χ2v) is 8.37. The highest BCUT2D eigenvalue weighted by molar-refractivity contribution is 6.13. The molecule has 0 fully saturated rings. The molecule has 0 saturated carbocycles. The van der Waals surface area contributed by atoms with E-state index in [-0.39, 0.29) is 5.91 Å². The fourth-order valence-corrected chi connectivity index (χ4v) is 4.37. The van der Waals surface area contributed by atoms with Crippen LogP contribution in [0.3, 0.4) is 0 Å². The maximum absolute atomic E-state index is 13.2. The van der Waals surface area contributed by atoms with Crippen molar-refractivity contribution in [3.8, 4) is 28.5 Å². The van der Waals surface area contributed by atoms with E-state index < -0.39 is 0 Å². The SMILES string of the molecule is COc1ccc(-c2nc(C(=O)NCCc3ccc(OC)c(OC)c3)cc3c2[nH]c2ccccc23)cc1. The summed E-state index contributed by atoms with van der Waals surface area (Å²) in [5, 5.41) is 5.01. The van der Waals surface area contributed by atoms with Crippen molar-refractivity contribution in [1.29, 1.82) is 0 Å². The van der Waals surface area contributed by atoms with E-state index >= 15 is 0 Å². The largest absolute Gasteiger partial charge is 0.497 e. The molecule has 0 atom stereocenters. The Morgan fingerprint density at radius 3 is 2.39 bits per heavy atom. The molecule has 36 heavy (non-hydrogen) atoms. The smallest absolute Gasteiger partial charge is 0.269 e. The molecule has 2 aromatic heterocycles. The molecule has 5 rings (SSSR count). The standard InChI is InChI=1S/C29H27N3O4/c1-34-20-11-9-19(10-12-20)27-28-22(21-6-4-5-7-23(21)31-28)17-24(32-27)29(33)30-15-14-18-8-13-25(35-2)26(16-18)36-3/h4-13,16-17,31H,14-15H2,1-3H3,(H,30,33). The Balaban J connectivity index is 1.45. The van der Waals surface area contributed by atoms with Crippen molar-refractivity contribution in [3.63, 3.8) is 0 Å². The molecule has 1 amide bonds. The summed E-state index contributed by atoms with van der Waals surface area (Å²) < 4.78 is 16.0. The number of nitrogens with zero attached hydrogens (tertiary/aromatic N) is 1. The minimum absolute atomic E-state index is 0.225. The maximum Gasteiger partial charge on any atom is 0.269 e. The molecule has 2 N–H and O–H groups in total. The van der Waals surface area contributed by atoms with Gasteiger partial charge in [-0.2, -0.15) is 0 Å². The van der Waals surface area contributed by atoms with Crippen LogP contribution in [0.4, 0.5) is 0 Å². The van der Waals surface area contributed by atoms with E-state index in [0.29, 0.717) is 30.2 Å². The summed E-state index contributed by atoms with van der Waals surface area (Å²) in [6, 6.07) is 23.3. The third-order valence-electron chi connectivity index (χ3n) is 6.24. The van der Waals surface area contributed by atoms with Gasteiger partial charge in [0.05, 0.1) is 32.5 Å². The number of para-hydroxylation sites is 1. The first-order valence-electron chi connectivity index (χ1n) is 11.7. The molecule has 5 aromatic rings. The first kappa shape index (κ1) is 23.2. The number of rotatable bonds is 8. The predicted molar refractivity (Wildman–Crippen MR) is 141 cm³/mol. The van der Waals surface area contributed by atoms with Crippen LogP contribution in [0.1, 0.15) is 16.1 Å². The van der Waals surface area contributed by atoms with Crippen LogP contribution < -0.4 is 19.5 Å². The third-order valence-corrected chi connectivity index (χ3v) is 6.24. The Kier molecular flexibility index (Phi) is 6.45. The van der Waals surface area contributed by atoms with Gasteiger partial charge in [0.2, 0.25) is 0 Å². The first-order valence-corrected chi connectivity index (χ1v) is 11.7. The fourth-order valence-electron chi connectivity index (χ4n) is 4.37. The van der Waals surface area contributed by atoms with Crippen molar-refractivity contribution < 1.29 is 19.0 Å². The van der Waals surface area contributed by atoms with Gasteiger partial charge in [-0.1, -0.05) is 24.3 Å². The van der Waals surface area contributed by atoms with Crippen LogP contribution in [0.15, 0.2) is 72.8 Å². The van der Waals surface area contributed by atoms with Crippen LogP contribution in [-0.2, 0) is 6.42 Å². The van der Waals surface area contributed by atoms with Crippen LogP contribution in [0.5, 0.6) is 17.2 Å². The van der Waals surface area contributed by atoms with Crippen LogP contribution >= 0.6 is 0 Å². The molecule has 0 unspecified atom stereocenters. The number of ether oxygens (including phenoxy) is 3. The Morgan fingerprint density at radius 1 is 0.861 bits per heavy atom. The van der Waals surface area contributed by atoms with Crippen molar-refractivity contribution >= 4 is 27.7 Å². The highest BCUT2D eigenvalue weighted by Gasteiger charge is 2.17. The minimum atomic E-state index is -0.225. The average Bonchev–Trinajstić information content (AvgIpc) is 3.31. The van der Waals surface area contributed by atoms with Gasteiger partial charge in [0.1, 0.15) is 11.4 Å². The van der Waals surface area contributed by atoms with Crippen molar-refractivity contribution in [2.24, 2.45) is 0 Å². The Morgan fingerprint density at radius 2 is 1.64 bits per heavy atom. The fraction of sp³-hybridized carbons (Fsp3) is 0.172. The number of amides is 1. The number of nitrogens with one attached hydrogen (secondary N) is 2.